The van der Waals surface area contributed by atoms with Gasteiger partial charge in [-0.2, -0.15) is 0 Å². The Morgan fingerprint density at radius 3 is 1.50 bits per heavy atom. The molecule has 0 spiro atoms. The number of carbonyl (C=O) groups excluding carboxylic acids is 2. The van der Waals surface area contributed by atoms with E-state index in [0.29, 0.717) is 0 Å². The van der Waals surface area contributed by atoms with Crippen LogP contribution < -0.4 is 0 Å². The first-order valence-electron chi connectivity index (χ1n) is 5.96. The van der Waals surface area contributed by atoms with Crippen molar-refractivity contribution in [3.8, 4) is 11.4 Å². The summed E-state index contributed by atoms with van der Waals surface area (Å²) in [6.07, 6.45) is 0. The molecule has 0 aliphatic heterocycles. The summed E-state index contributed by atoms with van der Waals surface area (Å²) >= 11 is 11.8. The van der Waals surface area contributed by atoms with E-state index in [9.17, 15) is 9.59 Å². The van der Waals surface area contributed by atoms with E-state index < -0.39 is 11.9 Å². The highest BCUT2D eigenvalue weighted by Gasteiger charge is 2.15. The molecule has 2 aromatic heterocycles. The molecule has 0 N–H and O–H groups in total. The van der Waals surface area contributed by atoms with Crippen molar-refractivity contribution in [2.24, 2.45) is 0 Å². The predicted octanol–water partition coefficient (Wildman–Crippen LogP) is 3.02. The Labute approximate surface area is 136 Å². The first-order chi connectivity index (χ1) is 10.4. The highest BCUT2D eigenvalue weighted by atomic mass is 35.5. The third-order valence-electron chi connectivity index (χ3n) is 2.69. The molecule has 0 bridgehead atoms. The van der Waals surface area contributed by atoms with Crippen LogP contribution in [0.5, 0.6) is 0 Å². The van der Waals surface area contributed by atoms with Gasteiger partial charge in [-0.15, -0.1) is 0 Å². The number of rotatable bonds is 3. The fourth-order valence-corrected chi connectivity index (χ4v) is 2.14. The van der Waals surface area contributed by atoms with Crippen LogP contribution in [0.15, 0.2) is 24.3 Å². The molecule has 8 heteroatoms. The van der Waals surface area contributed by atoms with E-state index in [1.165, 1.54) is 38.5 Å². The fraction of sp³-hybridized carbons (Fsp3) is 0.143. The number of nitrogens with zero attached hydrogens (tertiary/aromatic N) is 2. The molecule has 0 unspecified atom stereocenters. The van der Waals surface area contributed by atoms with Gasteiger partial charge in [-0.3, -0.25) is 0 Å². The van der Waals surface area contributed by atoms with Crippen molar-refractivity contribution in [2.75, 3.05) is 14.2 Å². The number of hydrogen-bond acceptors (Lipinski definition) is 6. The predicted molar refractivity (Wildman–Crippen MR) is 80.2 cm³/mol. The Kier molecular flexibility index (Phi) is 4.95. The van der Waals surface area contributed by atoms with E-state index in [1.807, 2.05) is 0 Å². The third kappa shape index (κ3) is 3.52. The van der Waals surface area contributed by atoms with E-state index in [2.05, 4.69) is 19.4 Å². The highest BCUT2D eigenvalue weighted by molar-refractivity contribution is 6.30. The van der Waals surface area contributed by atoms with Crippen LogP contribution >= 0.6 is 23.2 Å². The number of carbonyl (C=O) groups is 2. The summed E-state index contributed by atoms with van der Waals surface area (Å²) in [7, 11) is 2.51. The summed E-state index contributed by atoms with van der Waals surface area (Å²) in [6, 6.07) is 5.61. The van der Waals surface area contributed by atoms with Crippen molar-refractivity contribution >= 4 is 35.1 Å². The van der Waals surface area contributed by atoms with Crippen LogP contribution in [-0.2, 0) is 9.47 Å². The van der Waals surface area contributed by atoms with Gasteiger partial charge in [0.05, 0.1) is 36.7 Å². The second-order valence-corrected chi connectivity index (χ2v) is 4.89. The van der Waals surface area contributed by atoms with Crippen molar-refractivity contribution < 1.29 is 19.1 Å². The van der Waals surface area contributed by atoms with Crippen molar-refractivity contribution in [1.29, 1.82) is 0 Å². The molecular formula is C14H10Cl2N2O4. The Bertz CT molecular complexity index is 686. The molecule has 0 atom stereocenters. The summed E-state index contributed by atoms with van der Waals surface area (Å²) in [5.41, 5.74) is 0.971. The van der Waals surface area contributed by atoms with Gasteiger partial charge in [0.25, 0.3) is 0 Å². The summed E-state index contributed by atoms with van der Waals surface area (Å²) in [4.78, 5) is 31.4. The maximum absolute atomic E-state index is 11.6. The Morgan fingerprint density at radius 2 is 1.18 bits per heavy atom. The molecule has 22 heavy (non-hydrogen) atoms. The molecule has 0 aliphatic carbocycles. The van der Waals surface area contributed by atoms with Gasteiger partial charge in [0.15, 0.2) is 0 Å². The number of ether oxygens (including phenoxy) is 2. The normalized spacial score (nSPS) is 10.2. The number of methoxy groups -OCH3 is 2. The smallest absolute Gasteiger partial charge is 0.338 e. The molecule has 114 valence electrons. The molecule has 0 aliphatic rings. The maximum atomic E-state index is 11.6. The standard InChI is InChI=1S/C14H10Cl2N2O4/c1-21-13(19)7-3-9(17-11(15)5-7)10-4-8(14(20)22-2)6-12(16)18-10/h3-6H,1-2H3. The van der Waals surface area contributed by atoms with E-state index in [1.54, 1.807) is 0 Å². The Balaban J connectivity index is 2.56. The van der Waals surface area contributed by atoms with Gasteiger partial charge in [0, 0.05) is 0 Å². The summed E-state index contributed by atoms with van der Waals surface area (Å²) in [6.45, 7) is 0. The lowest BCUT2D eigenvalue weighted by molar-refractivity contribution is 0.0591. The van der Waals surface area contributed by atoms with Gasteiger partial charge >= 0.3 is 11.9 Å². The lowest BCUT2D eigenvalue weighted by Gasteiger charge is -2.07. The van der Waals surface area contributed by atoms with Crippen LogP contribution in [0.3, 0.4) is 0 Å². The average Bonchev–Trinajstić information content (AvgIpc) is 2.52. The van der Waals surface area contributed by atoms with Crippen LogP contribution in [0.4, 0.5) is 0 Å². The first kappa shape index (κ1) is 16.2. The van der Waals surface area contributed by atoms with Gasteiger partial charge in [-0.05, 0) is 24.3 Å². The molecule has 0 fully saturated rings. The minimum Gasteiger partial charge on any atom is -0.465 e. The van der Waals surface area contributed by atoms with Crippen LogP contribution in [0, 0.1) is 0 Å². The average molecular weight is 341 g/mol. The lowest BCUT2D eigenvalue weighted by Crippen LogP contribution is -2.04. The molecule has 0 saturated heterocycles. The first-order valence-corrected chi connectivity index (χ1v) is 6.72. The minimum absolute atomic E-state index is 0.0827. The number of hydrogen-bond donors (Lipinski definition) is 0. The zero-order valence-corrected chi connectivity index (χ0v) is 13.1. The van der Waals surface area contributed by atoms with Gasteiger partial charge in [0.2, 0.25) is 0 Å². The van der Waals surface area contributed by atoms with E-state index in [0.717, 1.165) is 0 Å². The topological polar surface area (TPSA) is 78.4 Å². The quantitative estimate of drug-likeness (QED) is 0.631. The van der Waals surface area contributed by atoms with E-state index in [-0.39, 0.29) is 32.8 Å². The summed E-state index contributed by atoms with van der Waals surface area (Å²) in [5.74, 6) is -1.14. The van der Waals surface area contributed by atoms with Crippen LogP contribution in [0.1, 0.15) is 20.7 Å². The molecule has 2 aromatic rings. The van der Waals surface area contributed by atoms with Gasteiger partial charge in [0.1, 0.15) is 10.3 Å². The van der Waals surface area contributed by atoms with Crippen molar-refractivity contribution in [2.45, 2.75) is 0 Å². The number of pyridine rings is 2. The molecule has 0 saturated carbocycles. The van der Waals surface area contributed by atoms with Crippen molar-refractivity contribution in [1.82, 2.24) is 9.97 Å². The summed E-state index contributed by atoms with van der Waals surface area (Å²) in [5, 5.41) is 0.165. The molecule has 6 nitrogen and oxygen atoms in total. The molecule has 0 radical (unpaired) electrons. The number of aromatic nitrogens is 2. The summed E-state index contributed by atoms with van der Waals surface area (Å²) < 4.78 is 9.28. The van der Waals surface area contributed by atoms with Crippen LogP contribution in [-0.4, -0.2) is 36.1 Å². The van der Waals surface area contributed by atoms with Crippen LogP contribution in [0.2, 0.25) is 10.3 Å². The number of esters is 2. The van der Waals surface area contributed by atoms with E-state index in [4.69, 9.17) is 23.2 Å². The molecule has 2 heterocycles. The second kappa shape index (κ2) is 6.72. The second-order valence-electron chi connectivity index (χ2n) is 4.11. The van der Waals surface area contributed by atoms with Crippen molar-refractivity contribution in [3.63, 3.8) is 0 Å². The van der Waals surface area contributed by atoms with Crippen molar-refractivity contribution in [3.05, 3.63) is 45.7 Å². The third-order valence-corrected chi connectivity index (χ3v) is 3.08. The van der Waals surface area contributed by atoms with Gasteiger partial charge in [-0.1, -0.05) is 23.2 Å². The number of halogens is 2. The molecular weight excluding hydrogens is 331 g/mol. The van der Waals surface area contributed by atoms with Gasteiger partial charge in [-0.25, -0.2) is 19.6 Å². The zero-order chi connectivity index (χ0) is 16.3. The zero-order valence-electron chi connectivity index (χ0n) is 11.6. The SMILES string of the molecule is COC(=O)c1cc(Cl)nc(-c2cc(C(=O)OC)cc(Cl)n2)c1. The monoisotopic (exact) mass is 340 g/mol. The highest BCUT2D eigenvalue weighted by Crippen LogP contribution is 2.23. The molecule has 0 aromatic carbocycles. The lowest BCUT2D eigenvalue weighted by atomic mass is 10.1. The Morgan fingerprint density at radius 1 is 0.818 bits per heavy atom. The van der Waals surface area contributed by atoms with E-state index >= 15 is 0 Å². The Hall–Kier alpha value is -2.18. The largest absolute Gasteiger partial charge is 0.465 e. The fourth-order valence-electron chi connectivity index (χ4n) is 1.73. The minimum atomic E-state index is -0.569. The molecule has 2 rings (SSSR count). The van der Waals surface area contributed by atoms with Gasteiger partial charge < -0.3 is 9.47 Å². The van der Waals surface area contributed by atoms with Crippen LogP contribution in [0.25, 0.3) is 11.4 Å². The maximum Gasteiger partial charge on any atom is 0.338 e. The molecule has 0 amide bonds.